The van der Waals surface area contributed by atoms with E-state index in [1.807, 2.05) is 0 Å². The van der Waals surface area contributed by atoms with E-state index in [2.05, 4.69) is 36.8 Å². The van der Waals surface area contributed by atoms with Crippen molar-refractivity contribution < 1.29 is 4.92 Å². The first-order valence-electron chi connectivity index (χ1n) is 4.11. The first-order valence-corrected chi connectivity index (χ1v) is 6.23. The van der Waals surface area contributed by atoms with E-state index in [0.29, 0.717) is 14.6 Å². The lowest BCUT2D eigenvalue weighted by Gasteiger charge is -1.96. The molecule has 2 aromatic heterocycles. The summed E-state index contributed by atoms with van der Waals surface area (Å²) in [4.78, 5) is 14.6. The Labute approximate surface area is 112 Å². The number of fused-ring (bicyclic) bond motifs is 1. The van der Waals surface area contributed by atoms with E-state index >= 15 is 0 Å². The van der Waals surface area contributed by atoms with Crippen LogP contribution < -0.4 is 0 Å². The number of imidazole rings is 1. The molecule has 0 radical (unpaired) electrons. The van der Waals surface area contributed by atoms with Crippen LogP contribution in [0.2, 0.25) is 0 Å². The van der Waals surface area contributed by atoms with Gasteiger partial charge in [0.2, 0.25) is 5.65 Å². The van der Waals surface area contributed by atoms with Crippen LogP contribution in [0.1, 0.15) is 5.69 Å². The molecular formula is C8H4Br2ClN3O2. The zero-order valence-electron chi connectivity index (χ0n) is 7.65. The van der Waals surface area contributed by atoms with Crippen LogP contribution in [-0.4, -0.2) is 14.3 Å². The minimum absolute atomic E-state index is 0.00204. The van der Waals surface area contributed by atoms with E-state index in [-0.39, 0.29) is 17.4 Å². The van der Waals surface area contributed by atoms with Crippen molar-refractivity contribution in [3.63, 3.8) is 0 Å². The first kappa shape index (κ1) is 11.8. The molecule has 0 fully saturated rings. The summed E-state index contributed by atoms with van der Waals surface area (Å²) in [5, 5.41) is 10.9. The Morgan fingerprint density at radius 2 is 2.25 bits per heavy atom. The Hall–Kier alpha value is -0.660. The predicted molar refractivity (Wildman–Crippen MR) is 66.8 cm³/mol. The van der Waals surface area contributed by atoms with Crippen LogP contribution >= 0.6 is 43.5 Å². The maximum atomic E-state index is 10.9. The summed E-state index contributed by atoms with van der Waals surface area (Å²) in [6.07, 6.45) is 1.58. The van der Waals surface area contributed by atoms with Gasteiger partial charge in [0, 0.05) is 0 Å². The molecule has 2 rings (SSSR count). The van der Waals surface area contributed by atoms with Gasteiger partial charge in [0.25, 0.3) is 0 Å². The Balaban J connectivity index is 2.89. The molecule has 0 aliphatic heterocycles. The topological polar surface area (TPSA) is 60.4 Å². The average Bonchev–Trinajstić information content (AvgIpc) is 2.56. The maximum absolute atomic E-state index is 10.9. The summed E-state index contributed by atoms with van der Waals surface area (Å²) in [5.41, 5.74) is 0.732. The van der Waals surface area contributed by atoms with Crippen molar-refractivity contribution in [2.75, 3.05) is 0 Å². The number of aromatic nitrogens is 2. The van der Waals surface area contributed by atoms with Crippen LogP contribution in [0, 0.1) is 10.1 Å². The van der Waals surface area contributed by atoms with Crippen LogP contribution in [-0.2, 0) is 5.88 Å². The minimum atomic E-state index is -0.489. The third kappa shape index (κ3) is 1.83. The number of halogens is 3. The van der Waals surface area contributed by atoms with E-state index in [0.717, 1.165) is 0 Å². The van der Waals surface area contributed by atoms with Gasteiger partial charge in [-0.3, -0.25) is 0 Å². The molecule has 0 aliphatic rings. The van der Waals surface area contributed by atoms with Crippen molar-refractivity contribution in [3.8, 4) is 0 Å². The van der Waals surface area contributed by atoms with Gasteiger partial charge in [-0.15, -0.1) is 11.6 Å². The number of nitrogens with zero attached hydrogens (tertiary/aromatic N) is 3. The number of pyridine rings is 1. The van der Waals surface area contributed by atoms with E-state index in [1.165, 1.54) is 4.40 Å². The molecule has 84 valence electrons. The fourth-order valence-electron chi connectivity index (χ4n) is 1.39. The number of rotatable bonds is 2. The summed E-state index contributed by atoms with van der Waals surface area (Å²) in [6.45, 7) is 0. The molecule has 0 aliphatic carbocycles. The third-order valence-electron chi connectivity index (χ3n) is 1.99. The summed E-state index contributed by atoms with van der Waals surface area (Å²) < 4.78 is 2.78. The Morgan fingerprint density at radius 1 is 1.56 bits per heavy atom. The summed E-state index contributed by atoms with van der Waals surface area (Å²) >= 11 is 12.2. The second-order valence-corrected chi connectivity index (χ2v) is 5.01. The van der Waals surface area contributed by atoms with Gasteiger partial charge in [0.05, 0.1) is 14.8 Å². The molecule has 0 atom stereocenters. The van der Waals surface area contributed by atoms with Crippen LogP contribution in [0.15, 0.2) is 21.2 Å². The van der Waals surface area contributed by atoms with Gasteiger partial charge in [-0.1, -0.05) is 0 Å². The molecule has 0 saturated carbocycles. The molecule has 16 heavy (non-hydrogen) atoms. The number of hydrogen-bond donors (Lipinski definition) is 0. The monoisotopic (exact) mass is 367 g/mol. The third-order valence-corrected chi connectivity index (χ3v) is 3.26. The van der Waals surface area contributed by atoms with Gasteiger partial charge >= 0.3 is 5.82 Å². The summed E-state index contributed by atoms with van der Waals surface area (Å²) in [5.74, 6) is -0.103. The van der Waals surface area contributed by atoms with Crippen LogP contribution in [0.25, 0.3) is 5.65 Å². The Kier molecular flexibility index (Phi) is 3.18. The molecule has 0 saturated heterocycles. The standard InChI is InChI=1S/C8H4Br2ClN3O2/c9-4-1-5(10)7-12-6(2-11)8(14(15)16)13(7)3-4/h1,3H,2H2. The van der Waals surface area contributed by atoms with Gasteiger partial charge in [-0.2, -0.15) is 4.40 Å². The van der Waals surface area contributed by atoms with Crippen molar-refractivity contribution in [1.29, 1.82) is 0 Å². The van der Waals surface area contributed by atoms with Crippen molar-refractivity contribution >= 4 is 54.9 Å². The van der Waals surface area contributed by atoms with Crippen molar-refractivity contribution in [3.05, 3.63) is 37.0 Å². The van der Waals surface area contributed by atoms with Crippen LogP contribution in [0.3, 0.4) is 0 Å². The molecule has 0 N–H and O–H groups in total. The highest BCUT2D eigenvalue weighted by Crippen LogP contribution is 2.29. The Bertz CT molecular complexity index is 584. The van der Waals surface area contributed by atoms with Gasteiger partial charge in [0.1, 0.15) is 6.20 Å². The van der Waals surface area contributed by atoms with E-state index in [9.17, 15) is 10.1 Å². The van der Waals surface area contributed by atoms with Crippen LogP contribution in [0.4, 0.5) is 5.82 Å². The van der Waals surface area contributed by atoms with Crippen molar-refractivity contribution in [1.82, 2.24) is 9.38 Å². The molecule has 0 bridgehead atoms. The number of nitro groups is 1. The van der Waals surface area contributed by atoms with Gasteiger partial charge in [-0.05, 0) is 42.8 Å². The molecule has 0 spiro atoms. The molecule has 2 aromatic rings. The Morgan fingerprint density at radius 3 is 2.81 bits per heavy atom. The molecule has 5 nitrogen and oxygen atoms in total. The first-order chi connectivity index (χ1) is 7.54. The van der Waals surface area contributed by atoms with E-state index < -0.39 is 4.92 Å². The molecule has 0 aromatic carbocycles. The SMILES string of the molecule is O=[N+]([O-])c1c(CCl)nc2c(Br)cc(Br)cn12. The summed E-state index contributed by atoms with van der Waals surface area (Å²) in [7, 11) is 0. The average molecular weight is 369 g/mol. The highest BCUT2D eigenvalue weighted by atomic mass is 79.9. The lowest BCUT2D eigenvalue weighted by molar-refractivity contribution is -0.391. The van der Waals surface area contributed by atoms with Gasteiger partial charge in [-0.25, -0.2) is 4.98 Å². The molecule has 8 heteroatoms. The normalized spacial score (nSPS) is 10.9. The molecular weight excluding hydrogens is 365 g/mol. The van der Waals surface area contributed by atoms with Crippen LogP contribution in [0.5, 0.6) is 0 Å². The largest absolute Gasteiger partial charge is 0.358 e. The van der Waals surface area contributed by atoms with Crippen molar-refractivity contribution in [2.45, 2.75) is 5.88 Å². The fourth-order valence-corrected chi connectivity index (χ4v) is 2.84. The van der Waals surface area contributed by atoms with Crippen molar-refractivity contribution in [2.24, 2.45) is 0 Å². The molecule has 2 heterocycles. The quantitative estimate of drug-likeness (QED) is 0.462. The number of alkyl halides is 1. The zero-order valence-corrected chi connectivity index (χ0v) is 11.6. The van der Waals surface area contributed by atoms with Gasteiger partial charge < -0.3 is 10.1 Å². The predicted octanol–water partition coefficient (Wildman–Crippen LogP) is 3.51. The minimum Gasteiger partial charge on any atom is -0.358 e. The summed E-state index contributed by atoms with van der Waals surface area (Å²) in [6, 6.07) is 1.77. The molecule has 0 amide bonds. The second kappa shape index (κ2) is 4.31. The second-order valence-electron chi connectivity index (χ2n) is 2.97. The highest BCUT2D eigenvalue weighted by molar-refractivity contribution is 9.11. The zero-order chi connectivity index (χ0) is 11.9. The molecule has 0 unspecified atom stereocenters. The maximum Gasteiger partial charge on any atom is 0.352 e. The lowest BCUT2D eigenvalue weighted by Crippen LogP contribution is -1.96. The lowest BCUT2D eigenvalue weighted by atomic mass is 10.5. The smallest absolute Gasteiger partial charge is 0.352 e. The van der Waals surface area contributed by atoms with E-state index in [4.69, 9.17) is 11.6 Å². The number of hydrogen-bond acceptors (Lipinski definition) is 3. The van der Waals surface area contributed by atoms with Gasteiger partial charge in [0.15, 0.2) is 5.69 Å². The van der Waals surface area contributed by atoms with E-state index in [1.54, 1.807) is 12.3 Å². The highest BCUT2D eigenvalue weighted by Gasteiger charge is 2.23. The fraction of sp³-hybridized carbons (Fsp3) is 0.125.